The van der Waals surface area contributed by atoms with Crippen molar-refractivity contribution in [3.05, 3.63) is 29.8 Å². The van der Waals surface area contributed by atoms with Crippen LogP contribution in [-0.4, -0.2) is 6.10 Å². The molecule has 0 bridgehead atoms. The summed E-state index contributed by atoms with van der Waals surface area (Å²) in [4.78, 5) is 0. The molecule has 0 heterocycles. The molecule has 0 saturated carbocycles. The first-order valence-corrected chi connectivity index (χ1v) is 10.8. The Kier molecular flexibility index (Phi) is 7.29. The van der Waals surface area contributed by atoms with Crippen LogP contribution < -0.4 is 4.74 Å². The van der Waals surface area contributed by atoms with Gasteiger partial charge in [-0.3, -0.25) is 4.39 Å². The van der Waals surface area contributed by atoms with Crippen molar-refractivity contribution < 1.29 is 29.9 Å². The molecule has 14 heavy (non-hydrogen) atoms. The summed E-state index contributed by atoms with van der Waals surface area (Å²) in [5.74, 6) is -1.99. The molecule has 5 heteroatoms. The maximum atomic E-state index is 12.8. The topological polar surface area (TPSA) is 9.23 Å². The van der Waals surface area contributed by atoms with Gasteiger partial charge in [0.15, 0.2) is 0 Å². The molecule has 0 unspecified atom stereocenters. The van der Waals surface area contributed by atoms with Gasteiger partial charge < -0.3 is 4.74 Å². The molecule has 0 amide bonds. The van der Waals surface area contributed by atoms with Crippen LogP contribution in [-0.2, 0) is 16.3 Å². The van der Waals surface area contributed by atoms with Gasteiger partial charge in [0, 0.05) is 11.6 Å². The molecule has 1 aromatic rings. The maximum absolute atomic E-state index is 12.8. The molecular formula is C9H9BrF2OZn. The normalized spacial score (nSPS) is 9.43. The van der Waals surface area contributed by atoms with Gasteiger partial charge in [-0.05, 0) is 13.8 Å². The van der Waals surface area contributed by atoms with Crippen LogP contribution in [0.25, 0.3) is 0 Å². The number of halogens is 3. The van der Waals surface area contributed by atoms with Crippen molar-refractivity contribution in [3.63, 3.8) is 0 Å². The SMILES string of the molecule is CC(C)Oc1c[c-]cc(F)c1F.[Zn+][Br]. The van der Waals surface area contributed by atoms with Gasteiger partial charge in [0.1, 0.15) is 0 Å². The zero-order chi connectivity index (χ0) is 11.1. The zero-order valence-corrected chi connectivity index (χ0v) is 12.5. The third-order valence-electron chi connectivity index (χ3n) is 1.21. The molecule has 1 nitrogen and oxygen atoms in total. The summed E-state index contributed by atoms with van der Waals surface area (Å²) in [6.45, 7) is 3.48. The second kappa shape index (κ2) is 7.30. The molecule has 0 aromatic heterocycles. The third-order valence-corrected chi connectivity index (χ3v) is 1.21. The van der Waals surface area contributed by atoms with Gasteiger partial charge >= 0.3 is 30.0 Å². The van der Waals surface area contributed by atoms with Gasteiger partial charge in [0.25, 0.3) is 0 Å². The number of benzene rings is 1. The van der Waals surface area contributed by atoms with Crippen molar-refractivity contribution >= 4 is 13.6 Å². The van der Waals surface area contributed by atoms with E-state index in [1.165, 1.54) is 22.4 Å². The summed E-state index contributed by atoms with van der Waals surface area (Å²) in [5.41, 5.74) is 0. The molecule has 0 saturated heterocycles. The van der Waals surface area contributed by atoms with E-state index >= 15 is 0 Å². The van der Waals surface area contributed by atoms with Crippen LogP contribution in [0.5, 0.6) is 5.75 Å². The molecular weight excluding hydrogens is 307 g/mol. The predicted molar refractivity (Wildman–Crippen MR) is 49.9 cm³/mol. The average molecular weight is 316 g/mol. The van der Waals surface area contributed by atoms with E-state index in [-0.39, 0.29) is 11.9 Å². The van der Waals surface area contributed by atoms with E-state index in [4.69, 9.17) is 4.74 Å². The first kappa shape index (κ1) is 14.0. The van der Waals surface area contributed by atoms with Gasteiger partial charge in [-0.1, -0.05) is 0 Å². The Balaban J connectivity index is 0.000000791. The van der Waals surface area contributed by atoms with Crippen molar-refractivity contribution in [1.82, 2.24) is 0 Å². The Morgan fingerprint density at radius 2 is 1.93 bits per heavy atom. The fourth-order valence-corrected chi connectivity index (χ4v) is 0.775. The molecule has 1 aromatic carbocycles. The van der Waals surface area contributed by atoms with E-state index in [1.54, 1.807) is 13.8 Å². The first-order valence-electron chi connectivity index (χ1n) is 3.89. The molecule has 0 atom stereocenters. The van der Waals surface area contributed by atoms with Crippen LogP contribution in [0.4, 0.5) is 8.78 Å². The minimum atomic E-state index is -0.956. The third kappa shape index (κ3) is 4.47. The van der Waals surface area contributed by atoms with E-state index in [0.29, 0.717) is 0 Å². The van der Waals surface area contributed by atoms with Crippen LogP contribution in [0.3, 0.4) is 0 Å². The summed E-state index contributed by atoms with van der Waals surface area (Å²) in [6, 6.07) is 4.64. The molecule has 0 fully saturated rings. The van der Waals surface area contributed by atoms with Gasteiger partial charge in [0.2, 0.25) is 0 Å². The van der Waals surface area contributed by atoms with E-state index in [1.807, 2.05) is 0 Å². The molecule has 0 aliphatic heterocycles. The van der Waals surface area contributed by atoms with E-state index in [0.717, 1.165) is 6.07 Å². The van der Waals surface area contributed by atoms with Crippen LogP contribution in [0.1, 0.15) is 13.8 Å². The standard InChI is InChI=1S/C9H9F2O.BrH.Zn/c1-6(2)12-8-5-3-4-7(10)9(8)11;;/h4-6H,1-2H3;1H;/q-1;;+2/p-1. The van der Waals surface area contributed by atoms with E-state index in [9.17, 15) is 8.78 Å². The molecule has 0 aliphatic carbocycles. The Morgan fingerprint density at radius 3 is 2.43 bits per heavy atom. The van der Waals surface area contributed by atoms with Crippen molar-refractivity contribution in [2.24, 2.45) is 0 Å². The van der Waals surface area contributed by atoms with E-state index in [2.05, 4.69) is 19.7 Å². The summed E-state index contributed by atoms with van der Waals surface area (Å²) >= 11 is 4.25. The van der Waals surface area contributed by atoms with E-state index < -0.39 is 11.6 Å². The summed E-state index contributed by atoms with van der Waals surface area (Å²) in [7, 11) is 0. The fourth-order valence-electron chi connectivity index (χ4n) is 0.775. The molecule has 74 valence electrons. The first-order chi connectivity index (χ1) is 6.61. The van der Waals surface area contributed by atoms with Crippen molar-refractivity contribution in [1.29, 1.82) is 0 Å². The molecule has 0 aliphatic rings. The molecule has 1 rings (SSSR count). The minimum absolute atomic E-state index is 0.0926. The Morgan fingerprint density at radius 1 is 1.36 bits per heavy atom. The zero-order valence-electron chi connectivity index (χ0n) is 7.98. The summed E-state index contributed by atoms with van der Waals surface area (Å²) in [6.07, 6.45) is -0.172. The van der Waals surface area contributed by atoms with Gasteiger partial charge in [-0.25, -0.2) is 4.39 Å². The summed E-state index contributed by atoms with van der Waals surface area (Å²) < 4.78 is 30.4. The quantitative estimate of drug-likeness (QED) is 0.600. The number of hydrogen-bond acceptors (Lipinski definition) is 1. The average Bonchev–Trinajstić information content (AvgIpc) is 2.16. The number of hydrogen-bond donors (Lipinski definition) is 0. The van der Waals surface area contributed by atoms with Crippen molar-refractivity contribution in [3.8, 4) is 5.75 Å². The van der Waals surface area contributed by atoms with Crippen molar-refractivity contribution in [2.45, 2.75) is 20.0 Å². The second-order valence-electron chi connectivity index (χ2n) is 2.65. The molecule has 0 N–H and O–H groups in total. The summed E-state index contributed by atoms with van der Waals surface area (Å²) in [5, 5.41) is 0. The Bertz CT molecular complexity index is 282. The number of rotatable bonds is 2. The van der Waals surface area contributed by atoms with Gasteiger partial charge in [-0.15, -0.1) is 12.1 Å². The van der Waals surface area contributed by atoms with Gasteiger partial charge in [-0.2, -0.15) is 6.07 Å². The Labute approximate surface area is 98.9 Å². The second-order valence-corrected chi connectivity index (χ2v) is 2.65. The Hall–Kier alpha value is -0.0166. The van der Waals surface area contributed by atoms with Crippen LogP contribution in [0, 0.1) is 17.7 Å². The molecule has 0 spiro atoms. The fraction of sp³-hybridized carbons (Fsp3) is 0.333. The van der Waals surface area contributed by atoms with Crippen LogP contribution in [0.2, 0.25) is 0 Å². The van der Waals surface area contributed by atoms with Gasteiger partial charge in [0.05, 0.1) is 11.9 Å². The predicted octanol–water partition coefficient (Wildman–Crippen LogP) is 3.40. The number of ether oxygens (including phenoxy) is 1. The van der Waals surface area contributed by atoms with Crippen LogP contribution >= 0.6 is 13.6 Å². The van der Waals surface area contributed by atoms with Crippen molar-refractivity contribution in [2.75, 3.05) is 0 Å². The van der Waals surface area contributed by atoms with Crippen LogP contribution in [0.15, 0.2) is 12.1 Å². The monoisotopic (exact) mass is 314 g/mol. The molecule has 0 radical (unpaired) electrons.